The monoisotopic (exact) mass is 374 g/mol. The van der Waals surface area contributed by atoms with Crippen molar-refractivity contribution in [3.8, 4) is 0 Å². The molecule has 7 heteroatoms. The highest BCUT2D eigenvalue weighted by molar-refractivity contribution is 5.88. The number of amides is 2. The average molecular weight is 374 g/mol. The lowest BCUT2D eigenvalue weighted by atomic mass is 10.2. The predicted octanol–water partition coefficient (Wildman–Crippen LogP) is 2.72. The van der Waals surface area contributed by atoms with E-state index >= 15 is 0 Å². The van der Waals surface area contributed by atoms with E-state index in [1.807, 2.05) is 30.3 Å². The highest BCUT2D eigenvalue weighted by Gasteiger charge is 2.35. The molecular formula is C20H26N2O5. The fraction of sp³-hybridized carbons (Fsp3) is 0.450. The van der Waals surface area contributed by atoms with Crippen molar-refractivity contribution >= 4 is 24.0 Å². The first-order chi connectivity index (χ1) is 12.8. The van der Waals surface area contributed by atoms with Gasteiger partial charge in [0, 0.05) is 6.54 Å². The second-order valence-corrected chi connectivity index (χ2v) is 7.25. The van der Waals surface area contributed by atoms with Gasteiger partial charge in [0.15, 0.2) is 0 Å². The van der Waals surface area contributed by atoms with E-state index in [0.29, 0.717) is 19.4 Å². The summed E-state index contributed by atoms with van der Waals surface area (Å²) in [5.74, 6) is -0.822. The molecule has 0 unspecified atom stereocenters. The molecule has 2 rings (SSSR count). The minimum absolute atomic E-state index is 0.224. The Labute approximate surface area is 159 Å². The van der Waals surface area contributed by atoms with Crippen molar-refractivity contribution in [2.75, 3.05) is 13.1 Å². The molecule has 2 amide bonds. The third-order valence-electron chi connectivity index (χ3n) is 3.87. The molecule has 1 aliphatic rings. The van der Waals surface area contributed by atoms with Crippen LogP contribution in [0.2, 0.25) is 0 Å². The van der Waals surface area contributed by atoms with Gasteiger partial charge >= 0.3 is 12.1 Å². The van der Waals surface area contributed by atoms with Crippen molar-refractivity contribution in [1.29, 1.82) is 0 Å². The number of ether oxygens (including phenoxy) is 2. The Morgan fingerprint density at radius 3 is 2.59 bits per heavy atom. The number of carbonyl (C=O) groups is 3. The van der Waals surface area contributed by atoms with Crippen LogP contribution in [-0.2, 0) is 19.1 Å². The summed E-state index contributed by atoms with van der Waals surface area (Å²) >= 11 is 0. The Hall–Kier alpha value is -2.83. The van der Waals surface area contributed by atoms with Crippen molar-refractivity contribution in [3.05, 3.63) is 42.2 Å². The highest BCUT2D eigenvalue weighted by Crippen LogP contribution is 2.19. The van der Waals surface area contributed by atoms with Gasteiger partial charge < -0.3 is 19.7 Å². The van der Waals surface area contributed by atoms with E-state index in [-0.39, 0.29) is 12.5 Å². The number of hydrogen-bond donors (Lipinski definition) is 1. The zero-order valence-electron chi connectivity index (χ0n) is 15.9. The van der Waals surface area contributed by atoms with Crippen LogP contribution in [0.15, 0.2) is 36.6 Å². The minimum atomic E-state index is -0.667. The van der Waals surface area contributed by atoms with Crippen LogP contribution in [0.25, 0.3) is 6.08 Å². The van der Waals surface area contributed by atoms with Crippen LogP contribution >= 0.6 is 0 Å². The maximum atomic E-state index is 12.4. The summed E-state index contributed by atoms with van der Waals surface area (Å²) in [7, 11) is 0. The molecule has 1 atom stereocenters. The molecule has 1 aromatic carbocycles. The Morgan fingerprint density at radius 2 is 1.93 bits per heavy atom. The number of nitrogens with zero attached hydrogens (tertiary/aromatic N) is 1. The first-order valence-electron chi connectivity index (χ1n) is 8.95. The van der Waals surface area contributed by atoms with Crippen LogP contribution in [0, 0.1) is 0 Å². The van der Waals surface area contributed by atoms with E-state index in [9.17, 15) is 14.4 Å². The second-order valence-electron chi connectivity index (χ2n) is 7.25. The van der Waals surface area contributed by atoms with Gasteiger partial charge in [-0.3, -0.25) is 4.79 Å². The first kappa shape index (κ1) is 20.5. The van der Waals surface area contributed by atoms with Gasteiger partial charge in [-0.2, -0.15) is 0 Å². The molecule has 1 fully saturated rings. The molecular weight excluding hydrogens is 348 g/mol. The first-order valence-corrected chi connectivity index (χ1v) is 8.95. The number of likely N-dealkylation sites (tertiary alicyclic amines) is 1. The topological polar surface area (TPSA) is 84.9 Å². The molecule has 0 radical (unpaired) electrons. The van der Waals surface area contributed by atoms with Gasteiger partial charge in [0.1, 0.15) is 18.2 Å². The molecule has 7 nitrogen and oxygen atoms in total. The number of esters is 1. The lowest BCUT2D eigenvalue weighted by Crippen LogP contribution is -2.46. The van der Waals surface area contributed by atoms with Crippen LogP contribution in [-0.4, -0.2) is 47.6 Å². The zero-order valence-corrected chi connectivity index (χ0v) is 15.9. The fourth-order valence-electron chi connectivity index (χ4n) is 2.70. The summed E-state index contributed by atoms with van der Waals surface area (Å²) in [5.41, 5.74) is 0.268. The van der Waals surface area contributed by atoms with Gasteiger partial charge in [-0.1, -0.05) is 30.3 Å². The van der Waals surface area contributed by atoms with Crippen LogP contribution < -0.4 is 5.32 Å². The number of hydrogen-bond acceptors (Lipinski definition) is 5. The van der Waals surface area contributed by atoms with Crippen LogP contribution in [0.3, 0.4) is 0 Å². The maximum absolute atomic E-state index is 12.4. The molecule has 1 N–H and O–H groups in total. The fourth-order valence-corrected chi connectivity index (χ4v) is 2.70. The number of carbonyl (C=O) groups excluding carboxylic acids is 3. The van der Waals surface area contributed by atoms with Crippen molar-refractivity contribution in [3.63, 3.8) is 0 Å². The normalized spacial score (nSPS) is 17.0. The molecule has 1 saturated heterocycles. The zero-order chi connectivity index (χ0) is 19.9. The number of nitrogens with one attached hydrogen (secondary N) is 1. The van der Waals surface area contributed by atoms with Crippen molar-refractivity contribution in [2.24, 2.45) is 0 Å². The summed E-state index contributed by atoms with van der Waals surface area (Å²) < 4.78 is 10.3. The van der Waals surface area contributed by atoms with Crippen molar-refractivity contribution in [2.45, 2.75) is 45.3 Å². The Kier molecular flexibility index (Phi) is 6.98. The lowest BCUT2D eigenvalue weighted by Gasteiger charge is -2.23. The maximum Gasteiger partial charge on any atom is 0.408 e. The summed E-state index contributed by atoms with van der Waals surface area (Å²) in [5, 5.41) is 2.42. The number of benzene rings is 1. The van der Waals surface area contributed by atoms with E-state index in [1.165, 1.54) is 11.2 Å². The summed E-state index contributed by atoms with van der Waals surface area (Å²) in [6.07, 6.45) is 3.59. The largest absolute Gasteiger partial charge is 0.444 e. The van der Waals surface area contributed by atoms with Gasteiger partial charge in [-0.25, -0.2) is 9.59 Å². The molecule has 0 spiro atoms. The molecule has 1 heterocycles. The smallest absolute Gasteiger partial charge is 0.408 e. The molecule has 1 aliphatic heterocycles. The molecule has 0 saturated carbocycles. The average Bonchev–Trinajstić information content (AvgIpc) is 3.09. The number of rotatable bonds is 5. The van der Waals surface area contributed by atoms with E-state index in [1.54, 1.807) is 26.8 Å². The van der Waals surface area contributed by atoms with E-state index < -0.39 is 23.7 Å². The van der Waals surface area contributed by atoms with E-state index in [0.717, 1.165) is 5.56 Å². The third kappa shape index (κ3) is 6.77. The van der Waals surface area contributed by atoms with E-state index in [4.69, 9.17) is 9.47 Å². The van der Waals surface area contributed by atoms with Crippen LogP contribution in [0.5, 0.6) is 0 Å². The Morgan fingerprint density at radius 1 is 1.22 bits per heavy atom. The summed E-state index contributed by atoms with van der Waals surface area (Å²) in [6.45, 7) is 5.45. The Bertz CT molecular complexity index is 694. The highest BCUT2D eigenvalue weighted by atomic mass is 16.6. The molecule has 1 aromatic rings. The SMILES string of the molecule is CC(C)(C)OC(=O)NCC(=O)N1CCC[C@H]1C(=O)O/C=C/c1ccccc1. The van der Waals surface area contributed by atoms with Crippen LogP contribution in [0.1, 0.15) is 39.2 Å². The number of alkyl carbamates (subject to hydrolysis) is 1. The third-order valence-corrected chi connectivity index (χ3v) is 3.87. The van der Waals surface area contributed by atoms with Gasteiger partial charge in [0.25, 0.3) is 0 Å². The van der Waals surface area contributed by atoms with Crippen molar-refractivity contribution < 1.29 is 23.9 Å². The van der Waals surface area contributed by atoms with Gasteiger partial charge in [-0.15, -0.1) is 0 Å². The lowest BCUT2D eigenvalue weighted by molar-refractivity contribution is -0.148. The molecule has 146 valence electrons. The van der Waals surface area contributed by atoms with Gasteiger partial charge in [0.2, 0.25) is 5.91 Å². The Balaban J connectivity index is 1.84. The predicted molar refractivity (Wildman–Crippen MR) is 101 cm³/mol. The van der Waals surface area contributed by atoms with Crippen molar-refractivity contribution in [1.82, 2.24) is 10.2 Å². The molecule has 27 heavy (non-hydrogen) atoms. The molecule has 0 aliphatic carbocycles. The minimum Gasteiger partial charge on any atom is -0.444 e. The van der Waals surface area contributed by atoms with Gasteiger partial charge in [-0.05, 0) is 45.3 Å². The quantitative estimate of drug-likeness (QED) is 0.633. The molecule has 0 bridgehead atoms. The standard InChI is InChI=1S/C20H26N2O5/c1-20(2,3)27-19(25)21-14-17(23)22-12-7-10-16(22)18(24)26-13-11-15-8-5-4-6-9-15/h4-6,8-9,11,13,16H,7,10,12,14H2,1-3H3,(H,21,25)/b13-11+/t16-/m0/s1. The molecule has 0 aromatic heterocycles. The van der Waals surface area contributed by atoms with E-state index in [2.05, 4.69) is 5.32 Å². The second kappa shape index (κ2) is 9.21. The summed E-state index contributed by atoms with van der Waals surface area (Å²) in [6, 6.07) is 8.80. The summed E-state index contributed by atoms with van der Waals surface area (Å²) in [4.78, 5) is 37.8. The van der Waals surface area contributed by atoms with Crippen LogP contribution in [0.4, 0.5) is 4.79 Å². The van der Waals surface area contributed by atoms with Gasteiger partial charge in [0.05, 0.1) is 6.26 Å².